The van der Waals surface area contributed by atoms with Crippen molar-refractivity contribution in [3.63, 3.8) is 0 Å². The third-order valence-electron chi connectivity index (χ3n) is 4.08. The Morgan fingerprint density at radius 3 is 2.55 bits per heavy atom. The Morgan fingerprint density at radius 2 is 1.86 bits per heavy atom. The fourth-order valence-electron chi connectivity index (χ4n) is 2.56. The Bertz CT molecular complexity index is 1110. The number of benzene rings is 3. The fraction of sp³-hybridized carbons (Fsp3) is 0.100. The minimum atomic E-state index is -0.473. The zero-order valence-electron chi connectivity index (χ0n) is 15.2. The van der Waals surface area contributed by atoms with E-state index in [0.717, 1.165) is 19.7 Å². The van der Waals surface area contributed by atoms with Gasteiger partial charge in [0.1, 0.15) is 5.75 Å². The van der Waals surface area contributed by atoms with E-state index >= 15 is 0 Å². The van der Waals surface area contributed by atoms with Gasteiger partial charge < -0.3 is 4.74 Å². The molecular formula is C20H15Br2N3O4. The summed E-state index contributed by atoms with van der Waals surface area (Å²) in [4.78, 5) is 22.3. The standard InChI is InChI=1S/C20H15Br2N3O4/c1-12(13-2-6-16(7-3-13)25(27)28)23-24-19(26)11-29-18-9-4-14-10-15(21)5-8-17(14)20(18)22/h2-10H,11H2,1H3,(H,24,26)/b23-12-. The second-order valence-electron chi connectivity index (χ2n) is 6.07. The highest BCUT2D eigenvalue weighted by atomic mass is 79.9. The number of hydrogen-bond acceptors (Lipinski definition) is 5. The molecule has 9 heteroatoms. The first-order chi connectivity index (χ1) is 13.8. The van der Waals surface area contributed by atoms with Crippen LogP contribution in [0.5, 0.6) is 5.75 Å². The smallest absolute Gasteiger partial charge is 0.277 e. The molecule has 1 amide bonds. The number of amides is 1. The molecule has 0 saturated heterocycles. The molecule has 3 rings (SSSR count). The van der Waals surface area contributed by atoms with Gasteiger partial charge in [0.15, 0.2) is 6.61 Å². The third kappa shape index (κ3) is 5.18. The molecular weight excluding hydrogens is 506 g/mol. The number of non-ortho nitro benzene ring substituents is 1. The molecule has 7 nitrogen and oxygen atoms in total. The normalized spacial score (nSPS) is 11.3. The molecule has 0 aliphatic heterocycles. The summed E-state index contributed by atoms with van der Waals surface area (Å²) in [6.07, 6.45) is 0. The molecule has 3 aromatic carbocycles. The van der Waals surface area contributed by atoms with Crippen LogP contribution in [0.3, 0.4) is 0 Å². The highest BCUT2D eigenvalue weighted by molar-refractivity contribution is 9.11. The lowest BCUT2D eigenvalue weighted by Gasteiger charge is -2.10. The largest absolute Gasteiger partial charge is 0.483 e. The van der Waals surface area contributed by atoms with E-state index in [9.17, 15) is 14.9 Å². The molecule has 0 heterocycles. The predicted octanol–water partition coefficient (Wildman–Crippen LogP) is 5.19. The van der Waals surface area contributed by atoms with Gasteiger partial charge in [-0.3, -0.25) is 14.9 Å². The van der Waals surface area contributed by atoms with Gasteiger partial charge in [0.05, 0.1) is 15.1 Å². The number of carbonyl (C=O) groups is 1. The summed E-state index contributed by atoms with van der Waals surface area (Å²) >= 11 is 6.96. The highest BCUT2D eigenvalue weighted by Crippen LogP contribution is 2.34. The molecule has 0 bridgehead atoms. The summed E-state index contributed by atoms with van der Waals surface area (Å²) in [6, 6.07) is 15.5. The van der Waals surface area contributed by atoms with E-state index in [1.54, 1.807) is 25.1 Å². The van der Waals surface area contributed by atoms with Crippen LogP contribution in [0.2, 0.25) is 0 Å². The Balaban J connectivity index is 1.61. The van der Waals surface area contributed by atoms with Gasteiger partial charge in [0.2, 0.25) is 0 Å². The Hall–Kier alpha value is -2.78. The Morgan fingerprint density at radius 1 is 1.14 bits per heavy atom. The predicted molar refractivity (Wildman–Crippen MR) is 118 cm³/mol. The number of hydrazone groups is 1. The van der Waals surface area contributed by atoms with Gasteiger partial charge in [0, 0.05) is 16.6 Å². The van der Waals surface area contributed by atoms with Gasteiger partial charge in [-0.25, -0.2) is 5.43 Å². The number of rotatable bonds is 6. The van der Waals surface area contributed by atoms with Gasteiger partial charge in [-0.1, -0.05) is 28.1 Å². The van der Waals surface area contributed by atoms with Gasteiger partial charge in [-0.15, -0.1) is 0 Å². The third-order valence-corrected chi connectivity index (χ3v) is 5.39. The number of carbonyl (C=O) groups excluding carboxylic acids is 1. The van der Waals surface area contributed by atoms with Crippen molar-refractivity contribution in [2.24, 2.45) is 5.10 Å². The molecule has 0 atom stereocenters. The molecule has 0 aliphatic rings. The molecule has 0 saturated carbocycles. The SMILES string of the molecule is C/C(=N/NC(=O)COc1ccc2cc(Br)ccc2c1Br)c1ccc([N+](=O)[O-])cc1. The van der Waals surface area contributed by atoms with Gasteiger partial charge in [-0.05, 0) is 69.5 Å². The first-order valence-electron chi connectivity index (χ1n) is 8.43. The van der Waals surface area contributed by atoms with E-state index in [2.05, 4.69) is 42.4 Å². The van der Waals surface area contributed by atoms with Gasteiger partial charge in [0.25, 0.3) is 11.6 Å². The lowest BCUT2D eigenvalue weighted by molar-refractivity contribution is -0.384. The zero-order valence-corrected chi connectivity index (χ0v) is 18.4. The number of nitro groups is 1. The first kappa shape index (κ1) is 20.9. The highest BCUT2D eigenvalue weighted by Gasteiger charge is 2.10. The van der Waals surface area contributed by atoms with Crippen molar-refractivity contribution in [3.8, 4) is 5.75 Å². The Labute approximate surface area is 183 Å². The van der Waals surface area contributed by atoms with Crippen molar-refractivity contribution < 1.29 is 14.5 Å². The second kappa shape index (κ2) is 9.15. The molecule has 0 radical (unpaired) electrons. The summed E-state index contributed by atoms with van der Waals surface area (Å²) in [5.74, 6) is 0.125. The van der Waals surface area contributed by atoms with Crippen molar-refractivity contribution in [2.75, 3.05) is 6.61 Å². The van der Waals surface area contributed by atoms with E-state index in [-0.39, 0.29) is 12.3 Å². The first-order valence-corrected chi connectivity index (χ1v) is 10.0. The summed E-state index contributed by atoms with van der Waals surface area (Å²) in [6.45, 7) is 1.48. The molecule has 0 fully saturated rings. The number of halogens is 2. The molecule has 1 N–H and O–H groups in total. The molecule has 0 aliphatic carbocycles. The van der Waals surface area contributed by atoms with Crippen LogP contribution >= 0.6 is 31.9 Å². The van der Waals surface area contributed by atoms with Crippen LogP contribution in [-0.4, -0.2) is 23.1 Å². The lowest BCUT2D eigenvalue weighted by Crippen LogP contribution is -2.25. The van der Waals surface area contributed by atoms with E-state index in [0.29, 0.717) is 17.0 Å². The van der Waals surface area contributed by atoms with Crippen LogP contribution in [-0.2, 0) is 4.79 Å². The maximum absolute atomic E-state index is 12.1. The minimum absolute atomic E-state index is 0.00712. The van der Waals surface area contributed by atoms with Crippen molar-refractivity contribution >= 4 is 59.9 Å². The molecule has 0 unspecified atom stereocenters. The van der Waals surface area contributed by atoms with Gasteiger partial charge >= 0.3 is 0 Å². The second-order valence-corrected chi connectivity index (χ2v) is 7.78. The average Bonchev–Trinajstić information content (AvgIpc) is 2.71. The maximum atomic E-state index is 12.1. The minimum Gasteiger partial charge on any atom is -0.483 e. The molecule has 0 spiro atoms. The van der Waals surface area contributed by atoms with Crippen LogP contribution in [0.1, 0.15) is 12.5 Å². The summed E-state index contributed by atoms with van der Waals surface area (Å²) in [5.41, 5.74) is 3.60. The van der Waals surface area contributed by atoms with Crippen LogP contribution in [0.15, 0.2) is 68.6 Å². The van der Waals surface area contributed by atoms with Crippen LogP contribution < -0.4 is 10.2 Å². The van der Waals surface area contributed by atoms with Crippen LogP contribution in [0.25, 0.3) is 10.8 Å². The number of fused-ring (bicyclic) bond motifs is 1. The number of nitrogens with one attached hydrogen (secondary N) is 1. The van der Waals surface area contributed by atoms with Crippen molar-refractivity contribution in [3.05, 3.63) is 79.2 Å². The van der Waals surface area contributed by atoms with E-state index < -0.39 is 10.8 Å². The molecule has 0 aromatic heterocycles. The van der Waals surface area contributed by atoms with Crippen molar-refractivity contribution in [1.29, 1.82) is 0 Å². The molecule has 3 aromatic rings. The number of ether oxygens (including phenoxy) is 1. The summed E-state index contributed by atoms with van der Waals surface area (Å²) < 4.78 is 7.34. The summed E-state index contributed by atoms with van der Waals surface area (Å²) in [7, 11) is 0. The van der Waals surface area contributed by atoms with E-state index in [4.69, 9.17) is 4.74 Å². The average molecular weight is 521 g/mol. The van der Waals surface area contributed by atoms with Crippen LogP contribution in [0.4, 0.5) is 5.69 Å². The quantitative estimate of drug-likeness (QED) is 0.275. The van der Waals surface area contributed by atoms with E-state index in [1.165, 1.54) is 12.1 Å². The number of nitro benzene ring substituents is 1. The lowest BCUT2D eigenvalue weighted by atomic mass is 10.1. The topological polar surface area (TPSA) is 93.8 Å². The Kier molecular flexibility index (Phi) is 6.60. The van der Waals surface area contributed by atoms with E-state index in [1.807, 2.05) is 24.3 Å². The number of nitrogens with zero attached hydrogens (tertiary/aromatic N) is 2. The monoisotopic (exact) mass is 519 g/mol. The maximum Gasteiger partial charge on any atom is 0.277 e. The van der Waals surface area contributed by atoms with Gasteiger partial charge in [-0.2, -0.15) is 5.10 Å². The van der Waals surface area contributed by atoms with Crippen molar-refractivity contribution in [1.82, 2.24) is 5.43 Å². The molecule has 148 valence electrons. The van der Waals surface area contributed by atoms with Crippen molar-refractivity contribution in [2.45, 2.75) is 6.92 Å². The summed E-state index contributed by atoms with van der Waals surface area (Å²) in [5, 5.41) is 16.7. The zero-order chi connectivity index (χ0) is 21.0. The van der Waals surface area contributed by atoms with Crippen LogP contribution in [0, 0.1) is 10.1 Å². The molecule has 29 heavy (non-hydrogen) atoms. The fourth-order valence-corrected chi connectivity index (χ4v) is 3.55. The number of hydrogen-bond donors (Lipinski definition) is 1.